The van der Waals surface area contributed by atoms with Gasteiger partial charge in [-0.1, -0.05) is 0 Å². The second-order valence-electron chi connectivity index (χ2n) is 0.995. The van der Waals surface area contributed by atoms with E-state index < -0.39 is 12.1 Å². The Morgan fingerprint density at radius 2 is 1.88 bits per heavy atom. The van der Waals surface area contributed by atoms with E-state index in [1.807, 2.05) is 0 Å². The van der Waals surface area contributed by atoms with Crippen molar-refractivity contribution in [1.82, 2.24) is 0 Å². The second kappa shape index (κ2) is 8.43. The third-order valence-corrected chi connectivity index (χ3v) is 0.341. The van der Waals surface area contributed by atoms with Gasteiger partial charge in [-0.05, 0) is 6.92 Å². The molecule has 5 heteroatoms. The van der Waals surface area contributed by atoms with Crippen molar-refractivity contribution in [3.63, 3.8) is 0 Å². The molecule has 0 radical (unpaired) electrons. The van der Waals surface area contributed by atoms with Gasteiger partial charge in [0.05, 0.1) is 12.1 Å². The maximum Gasteiger partial charge on any atom is 1.00 e. The van der Waals surface area contributed by atoms with Gasteiger partial charge in [-0.15, -0.1) is 0 Å². The fourth-order valence-corrected chi connectivity index (χ4v) is 0. The average Bonchev–Trinajstić information content (AvgIpc) is 1.36. The van der Waals surface area contributed by atoms with Crippen molar-refractivity contribution >= 4 is 5.97 Å². The van der Waals surface area contributed by atoms with Crippen molar-refractivity contribution in [3.8, 4) is 0 Å². The SMILES string of the molecule is CC(O)C(=O)[O-].[H-].[Na+].[Na+]. The molecule has 0 aliphatic rings. The van der Waals surface area contributed by atoms with E-state index in [1.54, 1.807) is 0 Å². The van der Waals surface area contributed by atoms with Crippen molar-refractivity contribution in [2.24, 2.45) is 0 Å². The number of aliphatic hydroxyl groups is 1. The van der Waals surface area contributed by atoms with E-state index in [0.29, 0.717) is 0 Å². The number of carboxylic acid groups (broad SMARTS) is 1. The predicted octanol–water partition coefficient (Wildman–Crippen LogP) is -7.76. The number of aliphatic hydroxyl groups excluding tert-OH is 1. The number of carbonyl (C=O) groups excluding carboxylic acids is 1. The summed E-state index contributed by atoms with van der Waals surface area (Å²) in [4.78, 5) is 9.34. The van der Waals surface area contributed by atoms with Crippen LogP contribution in [0.25, 0.3) is 0 Å². The molecule has 1 atom stereocenters. The van der Waals surface area contributed by atoms with Crippen LogP contribution in [0.4, 0.5) is 0 Å². The van der Waals surface area contributed by atoms with Gasteiger partial charge >= 0.3 is 59.1 Å². The van der Waals surface area contributed by atoms with E-state index in [0.717, 1.165) is 6.92 Å². The molecule has 0 aromatic heterocycles. The zero-order valence-corrected chi connectivity index (χ0v) is 9.34. The Labute approximate surface area is 93.5 Å². The molecule has 0 fully saturated rings. The molecule has 0 saturated carbocycles. The molecular formula is C3H6Na2O3. The zero-order valence-electron chi connectivity index (χ0n) is 6.34. The van der Waals surface area contributed by atoms with Gasteiger partial charge < -0.3 is 16.4 Å². The summed E-state index contributed by atoms with van der Waals surface area (Å²) in [7, 11) is 0. The molecule has 0 bridgehead atoms. The van der Waals surface area contributed by atoms with Crippen LogP contribution in [0.2, 0.25) is 0 Å². The number of hydrogen-bond acceptors (Lipinski definition) is 3. The Morgan fingerprint density at radius 1 is 1.75 bits per heavy atom. The first-order valence-corrected chi connectivity index (χ1v) is 1.53. The number of aliphatic carboxylic acids is 1. The summed E-state index contributed by atoms with van der Waals surface area (Å²) < 4.78 is 0. The Hall–Kier alpha value is 1.43. The average molecular weight is 136 g/mol. The van der Waals surface area contributed by atoms with Gasteiger partial charge in [-0.2, -0.15) is 0 Å². The standard InChI is InChI=1S/C3H6O3.2Na.H/c1-2(4)3(5)6;;;/h2,4H,1H3,(H,5,6);;;/q;2*+1;-1/p-1. The van der Waals surface area contributed by atoms with Crippen LogP contribution in [-0.4, -0.2) is 17.2 Å². The van der Waals surface area contributed by atoms with Crippen LogP contribution in [0, 0.1) is 0 Å². The number of carbonyl (C=O) groups is 1. The van der Waals surface area contributed by atoms with E-state index in [2.05, 4.69) is 0 Å². The van der Waals surface area contributed by atoms with Gasteiger partial charge in [0.2, 0.25) is 0 Å². The van der Waals surface area contributed by atoms with Crippen LogP contribution < -0.4 is 64.2 Å². The molecule has 0 heterocycles. The van der Waals surface area contributed by atoms with Gasteiger partial charge in [0.1, 0.15) is 0 Å². The van der Waals surface area contributed by atoms with Crippen molar-refractivity contribution in [1.29, 1.82) is 0 Å². The van der Waals surface area contributed by atoms with Crippen molar-refractivity contribution in [3.05, 3.63) is 0 Å². The van der Waals surface area contributed by atoms with E-state index in [1.165, 1.54) is 0 Å². The Kier molecular flexibility index (Phi) is 17.1. The summed E-state index contributed by atoms with van der Waals surface area (Å²) in [5.41, 5.74) is 0. The molecule has 0 aliphatic carbocycles. The van der Waals surface area contributed by atoms with E-state index in [4.69, 9.17) is 5.11 Å². The van der Waals surface area contributed by atoms with Crippen LogP contribution in [-0.2, 0) is 4.79 Å². The topological polar surface area (TPSA) is 60.4 Å². The van der Waals surface area contributed by atoms with Crippen molar-refractivity contribution in [2.75, 3.05) is 0 Å². The third-order valence-electron chi connectivity index (χ3n) is 0.341. The van der Waals surface area contributed by atoms with E-state index in [-0.39, 0.29) is 60.5 Å². The fraction of sp³-hybridized carbons (Fsp3) is 0.667. The van der Waals surface area contributed by atoms with Gasteiger partial charge in [0.15, 0.2) is 0 Å². The van der Waals surface area contributed by atoms with Crippen LogP contribution in [0.1, 0.15) is 8.35 Å². The Bertz CT molecular complexity index is 68.1. The van der Waals surface area contributed by atoms with Crippen LogP contribution in [0.3, 0.4) is 0 Å². The summed E-state index contributed by atoms with van der Waals surface area (Å²) in [6.07, 6.45) is -1.34. The van der Waals surface area contributed by atoms with Crippen molar-refractivity contribution < 1.29 is 75.5 Å². The number of hydrogen-bond donors (Lipinski definition) is 1. The molecule has 0 aromatic carbocycles. The molecule has 3 nitrogen and oxygen atoms in total. The molecule has 0 amide bonds. The molecule has 38 valence electrons. The van der Waals surface area contributed by atoms with Gasteiger partial charge in [-0.3, -0.25) is 0 Å². The molecule has 0 aromatic rings. The molecule has 0 spiro atoms. The second-order valence-corrected chi connectivity index (χ2v) is 0.995. The minimum Gasteiger partial charge on any atom is -1.00 e. The normalized spacial score (nSPS) is 10.2. The largest absolute Gasteiger partial charge is 1.00 e. The smallest absolute Gasteiger partial charge is 1.00 e. The molecule has 8 heavy (non-hydrogen) atoms. The van der Waals surface area contributed by atoms with Gasteiger partial charge in [0, 0.05) is 0 Å². The first-order valence-electron chi connectivity index (χ1n) is 1.53. The van der Waals surface area contributed by atoms with Crippen LogP contribution >= 0.6 is 0 Å². The monoisotopic (exact) mass is 136 g/mol. The summed E-state index contributed by atoms with van der Waals surface area (Å²) in [6.45, 7) is 1.13. The summed E-state index contributed by atoms with van der Waals surface area (Å²) in [6, 6.07) is 0. The molecule has 1 unspecified atom stereocenters. The summed E-state index contributed by atoms with van der Waals surface area (Å²) >= 11 is 0. The van der Waals surface area contributed by atoms with E-state index in [9.17, 15) is 9.90 Å². The zero-order chi connectivity index (χ0) is 5.15. The Morgan fingerprint density at radius 3 is 1.88 bits per heavy atom. The first-order chi connectivity index (χ1) is 2.64. The van der Waals surface area contributed by atoms with Gasteiger partial charge in [0.25, 0.3) is 0 Å². The maximum atomic E-state index is 9.34. The van der Waals surface area contributed by atoms with Crippen LogP contribution in [0.5, 0.6) is 0 Å². The molecule has 1 N–H and O–H groups in total. The maximum absolute atomic E-state index is 9.34. The summed E-state index contributed by atoms with van der Waals surface area (Å²) in [5, 5.41) is 17.3. The van der Waals surface area contributed by atoms with Crippen LogP contribution in [0.15, 0.2) is 0 Å². The molecular weight excluding hydrogens is 130 g/mol. The quantitative estimate of drug-likeness (QED) is 0.364. The van der Waals surface area contributed by atoms with Gasteiger partial charge in [-0.25, -0.2) is 0 Å². The van der Waals surface area contributed by atoms with Crippen molar-refractivity contribution in [2.45, 2.75) is 13.0 Å². The predicted molar refractivity (Wildman–Crippen MR) is 17.8 cm³/mol. The fourth-order valence-electron chi connectivity index (χ4n) is 0. The number of carboxylic acids is 1. The first kappa shape index (κ1) is 16.2. The molecule has 0 aliphatic heterocycles. The minimum atomic E-state index is -1.44. The Balaban J connectivity index is -0.0000000417. The minimum absolute atomic E-state index is 0. The molecule has 0 rings (SSSR count). The molecule has 0 saturated heterocycles. The summed E-state index contributed by atoms with van der Waals surface area (Å²) in [5.74, 6) is -1.44. The number of rotatable bonds is 1. The van der Waals surface area contributed by atoms with E-state index >= 15 is 0 Å². The third kappa shape index (κ3) is 10.4.